The number of aryl methyl sites for hydroxylation is 1. The van der Waals surface area contributed by atoms with Gasteiger partial charge in [0, 0.05) is 0 Å². The minimum Gasteiger partial charge on any atom is -0.383 e. The summed E-state index contributed by atoms with van der Waals surface area (Å²) in [7, 11) is -3.87. The summed E-state index contributed by atoms with van der Waals surface area (Å²) in [5.74, 6) is -0.195. The van der Waals surface area contributed by atoms with Crippen molar-refractivity contribution in [2.45, 2.75) is 11.8 Å². The maximum Gasteiger partial charge on any atom is 0.284 e. The lowest BCUT2D eigenvalue weighted by molar-refractivity contribution is 0.131. The zero-order valence-electron chi connectivity index (χ0n) is 9.65. The normalized spacial score (nSPS) is 17.2. The Morgan fingerprint density at radius 1 is 1.26 bits per heavy atom. The molecule has 0 unspecified atom stereocenters. The van der Waals surface area contributed by atoms with E-state index in [4.69, 9.17) is 28.0 Å². The Hall–Kier alpha value is -1.28. The summed E-state index contributed by atoms with van der Waals surface area (Å²) in [4.78, 5) is 4.85. The van der Waals surface area contributed by atoms with E-state index in [1.54, 1.807) is 12.1 Å². The minimum atomic E-state index is -3.87. The molecular weight excluding hydrogens is 313 g/mol. The standard InChI is InChI=1S/C10H9Cl2N3O3S/c1-6-2-4-7(5-3-6)19(16,17)14-10-8(9(11)12)18-15-13-10/h2-5,15H,1H3,(H,13,14). The van der Waals surface area contributed by atoms with Gasteiger partial charge in [0.1, 0.15) is 0 Å². The van der Waals surface area contributed by atoms with Crippen LogP contribution in [0.3, 0.4) is 0 Å². The summed E-state index contributed by atoms with van der Waals surface area (Å²) in [6, 6.07) is 6.28. The first-order chi connectivity index (χ1) is 8.90. The van der Waals surface area contributed by atoms with Crippen molar-refractivity contribution < 1.29 is 13.3 Å². The Balaban J connectivity index is 2.41. The zero-order valence-corrected chi connectivity index (χ0v) is 12.0. The van der Waals surface area contributed by atoms with Crippen molar-refractivity contribution in [3.8, 4) is 0 Å². The first kappa shape index (κ1) is 14.1. The Labute approximate surface area is 120 Å². The van der Waals surface area contributed by atoms with Crippen LogP contribution in [0.25, 0.3) is 0 Å². The van der Waals surface area contributed by atoms with Gasteiger partial charge in [0.05, 0.1) is 4.90 Å². The highest BCUT2D eigenvalue weighted by atomic mass is 35.5. The third-order valence-corrected chi connectivity index (χ3v) is 3.87. The second-order valence-electron chi connectivity index (χ2n) is 3.65. The van der Waals surface area contributed by atoms with Crippen molar-refractivity contribution in [2.75, 3.05) is 0 Å². The molecule has 0 amide bonds. The molecule has 1 saturated heterocycles. The molecule has 1 aliphatic rings. The number of nitrogens with one attached hydrogen (secondary N) is 2. The Kier molecular flexibility index (Phi) is 4.00. The van der Waals surface area contributed by atoms with Crippen molar-refractivity contribution in [3.05, 3.63) is 40.1 Å². The van der Waals surface area contributed by atoms with Crippen LogP contribution in [0, 0.1) is 6.92 Å². The topological polar surface area (TPSA) is 79.8 Å². The fraction of sp³-hybridized carbons (Fsp3) is 0.100. The van der Waals surface area contributed by atoms with Crippen LogP contribution in [-0.4, -0.2) is 14.3 Å². The first-order valence-electron chi connectivity index (χ1n) is 5.05. The van der Waals surface area contributed by atoms with Crippen LogP contribution < -0.4 is 11.0 Å². The molecule has 1 heterocycles. The van der Waals surface area contributed by atoms with E-state index in [1.807, 2.05) is 6.92 Å². The molecule has 0 aromatic heterocycles. The van der Waals surface area contributed by atoms with E-state index < -0.39 is 10.0 Å². The van der Waals surface area contributed by atoms with E-state index in [2.05, 4.69) is 15.4 Å². The SMILES string of the molecule is Cc1ccc(S(=O)(=O)N=C2NNOC2=C(Cl)Cl)cc1. The van der Waals surface area contributed by atoms with Gasteiger partial charge in [0.25, 0.3) is 10.0 Å². The summed E-state index contributed by atoms with van der Waals surface area (Å²) in [5.41, 5.74) is 5.56. The molecule has 2 N–H and O–H groups in total. The smallest absolute Gasteiger partial charge is 0.284 e. The molecular formula is C10H9Cl2N3O3S. The summed E-state index contributed by atoms with van der Waals surface area (Å²) >= 11 is 11.1. The molecule has 0 aliphatic carbocycles. The molecule has 0 radical (unpaired) electrons. The molecule has 1 aromatic rings. The lowest BCUT2D eigenvalue weighted by Crippen LogP contribution is -2.26. The largest absolute Gasteiger partial charge is 0.383 e. The third kappa shape index (κ3) is 3.19. The number of hydrazine groups is 1. The molecule has 19 heavy (non-hydrogen) atoms. The van der Waals surface area contributed by atoms with Gasteiger partial charge in [-0.3, -0.25) is 5.43 Å². The van der Waals surface area contributed by atoms with Crippen molar-refractivity contribution >= 4 is 39.1 Å². The van der Waals surface area contributed by atoms with Gasteiger partial charge in [-0.05, 0) is 19.1 Å². The maximum absolute atomic E-state index is 12.0. The van der Waals surface area contributed by atoms with Crippen LogP contribution >= 0.6 is 23.2 Å². The van der Waals surface area contributed by atoms with Gasteiger partial charge in [0.2, 0.25) is 11.6 Å². The van der Waals surface area contributed by atoms with Crippen LogP contribution in [-0.2, 0) is 14.9 Å². The first-order valence-corrected chi connectivity index (χ1v) is 7.25. The van der Waals surface area contributed by atoms with Gasteiger partial charge in [-0.1, -0.05) is 46.5 Å². The maximum atomic E-state index is 12.0. The second-order valence-corrected chi connectivity index (χ2v) is 6.20. The highest BCUT2D eigenvalue weighted by Gasteiger charge is 2.24. The van der Waals surface area contributed by atoms with E-state index in [1.165, 1.54) is 12.1 Å². The van der Waals surface area contributed by atoms with E-state index >= 15 is 0 Å². The van der Waals surface area contributed by atoms with Crippen LogP contribution in [0.4, 0.5) is 0 Å². The van der Waals surface area contributed by atoms with Crippen molar-refractivity contribution in [2.24, 2.45) is 4.40 Å². The summed E-state index contributed by atoms with van der Waals surface area (Å²) in [6.45, 7) is 1.85. The number of sulfonamides is 1. The molecule has 6 nitrogen and oxygen atoms in total. The molecule has 9 heteroatoms. The van der Waals surface area contributed by atoms with E-state index in [0.29, 0.717) is 0 Å². The van der Waals surface area contributed by atoms with Crippen LogP contribution in [0.2, 0.25) is 0 Å². The quantitative estimate of drug-likeness (QED) is 0.867. The van der Waals surface area contributed by atoms with Gasteiger partial charge in [-0.15, -0.1) is 4.40 Å². The Bertz CT molecular complexity index is 649. The highest BCUT2D eigenvalue weighted by molar-refractivity contribution is 7.90. The highest BCUT2D eigenvalue weighted by Crippen LogP contribution is 2.20. The number of benzene rings is 1. The van der Waals surface area contributed by atoms with Crippen molar-refractivity contribution in [1.29, 1.82) is 0 Å². The van der Waals surface area contributed by atoms with Gasteiger partial charge in [0.15, 0.2) is 4.49 Å². The molecule has 0 bridgehead atoms. The van der Waals surface area contributed by atoms with E-state index in [0.717, 1.165) is 5.56 Å². The summed E-state index contributed by atoms with van der Waals surface area (Å²) in [5, 5.41) is 0. The van der Waals surface area contributed by atoms with E-state index in [9.17, 15) is 8.42 Å². The monoisotopic (exact) mass is 321 g/mol. The zero-order chi connectivity index (χ0) is 14.0. The molecule has 0 spiro atoms. The number of hydrogen-bond acceptors (Lipinski definition) is 4. The predicted molar refractivity (Wildman–Crippen MR) is 71.9 cm³/mol. The van der Waals surface area contributed by atoms with Crippen LogP contribution in [0.15, 0.2) is 43.8 Å². The lowest BCUT2D eigenvalue weighted by Gasteiger charge is -2.01. The van der Waals surface area contributed by atoms with Gasteiger partial charge < -0.3 is 4.84 Å². The number of halogens is 2. The van der Waals surface area contributed by atoms with Crippen molar-refractivity contribution in [1.82, 2.24) is 11.0 Å². The molecule has 2 rings (SSSR count). The number of amidine groups is 1. The third-order valence-electron chi connectivity index (χ3n) is 2.24. The summed E-state index contributed by atoms with van der Waals surface area (Å²) < 4.78 is 27.4. The van der Waals surface area contributed by atoms with Crippen LogP contribution in [0.5, 0.6) is 0 Å². The number of hydrogen-bond donors (Lipinski definition) is 2. The molecule has 1 aromatic carbocycles. The van der Waals surface area contributed by atoms with E-state index in [-0.39, 0.29) is 21.0 Å². The fourth-order valence-corrected chi connectivity index (χ4v) is 2.52. The average molecular weight is 322 g/mol. The lowest BCUT2D eigenvalue weighted by atomic mass is 10.2. The Morgan fingerprint density at radius 2 is 1.89 bits per heavy atom. The van der Waals surface area contributed by atoms with Gasteiger partial charge in [-0.2, -0.15) is 8.42 Å². The molecule has 0 atom stereocenters. The number of nitrogens with zero attached hydrogens (tertiary/aromatic N) is 1. The average Bonchev–Trinajstić information content (AvgIpc) is 2.77. The van der Waals surface area contributed by atoms with Crippen LogP contribution in [0.1, 0.15) is 5.56 Å². The second kappa shape index (κ2) is 5.38. The van der Waals surface area contributed by atoms with Crippen molar-refractivity contribution in [3.63, 3.8) is 0 Å². The minimum absolute atomic E-state index is 0.0596. The Morgan fingerprint density at radius 3 is 2.47 bits per heavy atom. The molecule has 0 saturated carbocycles. The fourth-order valence-electron chi connectivity index (χ4n) is 1.31. The van der Waals surface area contributed by atoms with Gasteiger partial charge >= 0.3 is 0 Å². The summed E-state index contributed by atoms with van der Waals surface area (Å²) in [6.07, 6.45) is 0. The molecule has 1 aliphatic heterocycles. The molecule has 1 fully saturated rings. The predicted octanol–water partition coefficient (Wildman–Crippen LogP) is 1.77. The number of rotatable bonds is 2. The molecule has 102 valence electrons. The van der Waals surface area contributed by atoms with Gasteiger partial charge in [-0.25, -0.2) is 0 Å².